The Morgan fingerprint density at radius 2 is 1.73 bits per heavy atom. The third-order valence-corrected chi connectivity index (χ3v) is 8.14. The quantitative estimate of drug-likeness (QED) is 0.413. The Labute approximate surface area is 251 Å². The molecule has 4 heterocycles. The minimum absolute atomic E-state index is 0.0187. The van der Waals surface area contributed by atoms with Crippen LogP contribution in [0.2, 0.25) is 0 Å². The molecular formula is C30H36F3N5O6. The van der Waals surface area contributed by atoms with E-state index in [0.717, 1.165) is 11.9 Å². The van der Waals surface area contributed by atoms with E-state index in [4.69, 9.17) is 14.6 Å². The Morgan fingerprint density at radius 3 is 2.36 bits per heavy atom. The van der Waals surface area contributed by atoms with Gasteiger partial charge in [0.15, 0.2) is 5.65 Å². The predicted molar refractivity (Wildman–Crippen MR) is 154 cm³/mol. The topological polar surface area (TPSA) is 138 Å². The fourth-order valence-corrected chi connectivity index (χ4v) is 5.86. The van der Waals surface area contributed by atoms with E-state index in [1.807, 2.05) is 40.1 Å². The number of pyridine rings is 1. The average Bonchev–Trinajstić information content (AvgIpc) is 3.27. The van der Waals surface area contributed by atoms with Gasteiger partial charge in [0.05, 0.1) is 12.1 Å². The number of alkyl halides is 3. The standard InChI is InChI=1S/C28H35N5O4.C2HF3O2/c1-37-17-16-32-19-22(20-6-3-2-4-7-20)10-9-21(27(32)35)18-25(34)31-14-11-23(12-15-31)33-24-8-5-13-29-26(24)30-28(33)36;3-2(4,5)1(6)7/h2-8,13,21-23H,9-12,14-19H2,1H3,(H,29,30,36);(H,6,7)/t21-,22+;/m0./s1. The molecule has 0 saturated carbocycles. The molecule has 2 aromatic heterocycles. The highest BCUT2D eigenvalue weighted by Crippen LogP contribution is 2.32. The smallest absolute Gasteiger partial charge is 0.475 e. The molecule has 14 heteroatoms. The van der Waals surface area contributed by atoms with Gasteiger partial charge in [0.25, 0.3) is 0 Å². The summed E-state index contributed by atoms with van der Waals surface area (Å²) < 4.78 is 38.8. The molecule has 2 amide bonds. The number of amides is 2. The molecule has 0 aliphatic carbocycles. The molecule has 0 spiro atoms. The highest BCUT2D eigenvalue weighted by atomic mass is 19.4. The number of carboxylic acid groups (broad SMARTS) is 1. The lowest BCUT2D eigenvalue weighted by atomic mass is 9.90. The minimum atomic E-state index is -5.08. The van der Waals surface area contributed by atoms with Crippen LogP contribution < -0.4 is 5.69 Å². The maximum absolute atomic E-state index is 13.5. The molecule has 1 aromatic carbocycles. The molecule has 5 rings (SSSR count). The average molecular weight is 620 g/mol. The number of halogens is 3. The molecule has 2 fully saturated rings. The fraction of sp³-hybridized carbons (Fsp3) is 0.500. The number of likely N-dealkylation sites (tertiary alicyclic amines) is 2. The van der Waals surface area contributed by atoms with Crippen LogP contribution in [0.5, 0.6) is 0 Å². The van der Waals surface area contributed by atoms with Crippen molar-refractivity contribution in [2.45, 2.75) is 50.2 Å². The SMILES string of the molecule is COCCN1C[C@H](c2ccccc2)CC[C@@H](CC(=O)N2CCC(n3c(=O)[nH]c4ncccc43)CC2)C1=O.O=C(O)C(F)(F)F. The molecular weight excluding hydrogens is 583 g/mol. The van der Waals surface area contributed by atoms with Crippen molar-refractivity contribution in [2.75, 3.05) is 39.9 Å². The Bertz CT molecular complexity index is 1480. The number of nitrogens with zero attached hydrogens (tertiary/aromatic N) is 4. The van der Waals surface area contributed by atoms with Crippen LogP contribution in [0.15, 0.2) is 53.5 Å². The number of carbonyl (C=O) groups is 3. The second kappa shape index (κ2) is 14.5. The Morgan fingerprint density at radius 1 is 1.05 bits per heavy atom. The number of H-pyrrole nitrogens is 1. The number of fused-ring (bicyclic) bond motifs is 1. The lowest BCUT2D eigenvalue weighted by molar-refractivity contribution is -0.192. The number of aliphatic carboxylic acids is 1. The number of ether oxygens (including phenoxy) is 1. The predicted octanol–water partition coefficient (Wildman–Crippen LogP) is 3.58. The first kappa shape index (κ1) is 32.7. The van der Waals surface area contributed by atoms with Crippen molar-refractivity contribution in [1.82, 2.24) is 24.3 Å². The van der Waals surface area contributed by atoms with Gasteiger partial charge in [0.1, 0.15) is 0 Å². The lowest BCUT2D eigenvalue weighted by Crippen LogP contribution is -2.43. The Kier molecular flexibility index (Phi) is 10.8. The summed E-state index contributed by atoms with van der Waals surface area (Å²) in [4.78, 5) is 59.0. The third-order valence-electron chi connectivity index (χ3n) is 8.14. The number of hydrogen-bond donors (Lipinski definition) is 2. The van der Waals surface area contributed by atoms with E-state index in [1.54, 1.807) is 17.9 Å². The summed E-state index contributed by atoms with van der Waals surface area (Å²) in [5.74, 6) is -2.75. The van der Waals surface area contributed by atoms with Gasteiger partial charge in [-0.2, -0.15) is 13.2 Å². The molecule has 0 radical (unpaired) electrons. The zero-order chi connectivity index (χ0) is 31.9. The molecule has 3 aromatic rings. The van der Waals surface area contributed by atoms with Crippen molar-refractivity contribution in [3.63, 3.8) is 0 Å². The van der Waals surface area contributed by atoms with Crippen molar-refractivity contribution in [3.05, 3.63) is 64.7 Å². The first-order chi connectivity index (χ1) is 21.0. The summed E-state index contributed by atoms with van der Waals surface area (Å²) in [6.07, 6.45) is -0.231. The van der Waals surface area contributed by atoms with Crippen LogP contribution in [0.25, 0.3) is 11.2 Å². The van der Waals surface area contributed by atoms with E-state index >= 15 is 0 Å². The summed E-state index contributed by atoms with van der Waals surface area (Å²) in [7, 11) is 1.64. The zero-order valence-corrected chi connectivity index (χ0v) is 24.3. The molecule has 0 unspecified atom stereocenters. The summed E-state index contributed by atoms with van der Waals surface area (Å²) in [6, 6.07) is 14.1. The van der Waals surface area contributed by atoms with Crippen LogP contribution in [0.1, 0.15) is 49.6 Å². The second-order valence-corrected chi connectivity index (χ2v) is 10.9. The molecule has 11 nitrogen and oxygen atoms in total. The van der Waals surface area contributed by atoms with Gasteiger partial charge < -0.3 is 19.6 Å². The summed E-state index contributed by atoms with van der Waals surface area (Å²) in [6.45, 7) is 2.80. The summed E-state index contributed by atoms with van der Waals surface area (Å²) >= 11 is 0. The molecule has 238 valence electrons. The van der Waals surface area contributed by atoms with Crippen molar-refractivity contribution < 1.29 is 37.4 Å². The van der Waals surface area contributed by atoms with Gasteiger partial charge in [-0.1, -0.05) is 30.3 Å². The van der Waals surface area contributed by atoms with Gasteiger partial charge in [-0.25, -0.2) is 14.6 Å². The van der Waals surface area contributed by atoms with Crippen LogP contribution in [0, 0.1) is 5.92 Å². The van der Waals surface area contributed by atoms with Crippen molar-refractivity contribution in [1.29, 1.82) is 0 Å². The maximum Gasteiger partial charge on any atom is 0.490 e. The van der Waals surface area contributed by atoms with Crippen molar-refractivity contribution >= 4 is 28.9 Å². The van der Waals surface area contributed by atoms with Crippen molar-refractivity contribution in [3.8, 4) is 0 Å². The molecule has 2 atom stereocenters. The maximum atomic E-state index is 13.5. The van der Waals surface area contributed by atoms with Gasteiger partial charge in [-0.15, -0.1) is 0 Å². The van der Waals surface area contributed by atoms with Gasteiger partial charge >= 0.3 is 17.8 Å². The number of benzene rings is 1. The number of aromatic nitrogens is 3. The first-order valence-corrected chi connectivity index (χ1v) is 14.4. The molecule has 44 heavy (non-hydrogen) atoms. The second-order valence-electron chi connectivity index (χ2n) is 10.9. The highest BCUT2D eigenvalue weighted by molar-refractivity contribution is 5.86. The first-order valence-electron chi connectivity index (χ1n) is 14.4. The number of hydrogen-bond acceptors (Lipinski definition) is 6. The van der Waals surface area contributed by atoms with E-state index in [2.05, 4.69) is 22.1 Å². The number of methoxy groups -OCH3 is 1. The van der Waals surface area contributed by atoms with Crippen LogP contribution in [0.3, 0.4) is 0 Å². The van der Waals surface area contributed by atoms with E-state index in [-0.39, 0.29) is 41.8 Å². The normalized spacial score (nSPS) is 19.8. The fourth-order valence-electron chi connectivity index (χ4n) is 5.86. The van der Waals surface area contributed by atoms with Crippen LogP contribution in [-0.2, 0) is 19.1 Å². The van der Waals surface area contributed by atoms with E-state index < -0.39 is 12.1 Å². The zero-order valence-electron chi connectivity index (χ0n) is 24.3. The molecule has 2 N–H and O–H groups in total. The van der Waals surface area contributed by atoms with Crippen molar-refractivity contribution in [2.24, 2.45) is 5.92 Å². The minimum Gasteiger partial charge on any atom is -0.475 e. The monoisotopic (exact) mass is 619 g/mol. The van der Waals surface area contributed by atoms with Crippen LogP contribution in [0.4, 0.5) is 13.2 Å². The number of piperidine rings is 1. The lowest BCUT2D eigenvalue weighted by Gasteiger charge is -2.33. The molecule has 2 aliphatic heterocycles. The van der Waals surface area contributed by atoms with Gasteiger partial charge in [-0.3, -0.25) is 19.1 Å². The van der Waals surface area contributed by atoms with Gasteiger partial charge in [0, 0.05) is 63.8 Å². The third kappa shape index (κ3) is 8.04. The number of imidazole rings is 1. The molecule has 2 aliphatic rings. The summed E-state index contributed by atoms with van der Waals surface area (Å²) in [5, 5.41) is 7.12. The number of carbonyl (C=O) groups excluding carboxylic acids is 2. The van der Waals surface area contributed by atoms with Crippen LogP contribution in [-0.4, -0.2) is 93.3 Å². The highest BCUT2D eigenvalue weighted by Gasteiger charge is 2.38. The largest absolute Gasteiger partial charge is 0.490 e. The van der Waals surface area contributed by atoms with Gasteiger partial charge in [-0.05, 0) is 43.4 Å². The molecule has 2 saturated heterocycles. The van der Waals surface area contributed by atoms with E-state index in [1.165, 1.54) is 5.56 Å². The number of nitrogens with one attached hydrogen (secondary N) is 1. The Balaban J connectivity index is 0.000000566. The Hall–Kier alpha value is -4.20. The number of aromatic amines is 1. The van der Waals surface area contributed by atoms with E-state index in [9.17, 15) is 27.6 Å². The van der Waals surface area contributed by atoms with Gasteiger partial charge in [0.2, 0.25) is 11.8 Å². The number of rotatable bonds is 7. The number of carboxylic acids is 1. The molecule has 0 bridgehead atoms. The van der Waals surface area contributed by atoms with E-state index in [0.29, 0.717) is 57.7 Å². The van der Waals surface area contributed by atoms with Crippen LogP contribution >= 0.6 is 0 Å². The summed E-state index contributed by atoms with van der Waals surface area (Å²) in [5.41, 5.74) is 2.45.